The normalized spacial score (nSPS) is 17.6. The molecule has 2 rings (SSSR count). The number of hydrogen-bond acceptors (Lipinski definition) is 2. The molecule has 1 aliphatic heterocycles. The maximum Gasteiger partial charge on any atom is 0.140 e. The molecular weight excluding hydrogens is 186 g/mol. The lowest BCUT2D eigenvalue weighted by molar-refractivity contribution is -0.122. The van der Waals surface area contributed by atoms with Crippen LogP contribution in [0.2, 0.25) is 0 Å². The van der Waals surface area contributed by atoms with Crippen LogP contribution in [0, 0.1) is 5.92 Å². The van der Waals surface area contributed by atoms with Gasteiger partial charge in [0.2, 0.25) is 0 Å². The van der Waals surface area contributed by atoms with Gasteiger partial charge in [-0.15, -0.1) is 0 Å². The lowest BCUT2D eigenvalue weighted by atomic mass is 9.90. The van der Waals surface area contributed by atoms with Gasteiger partial charge in [0.1, 0.15) is 5.78 Å². The van der Waals surface area contributed by atoms with Crippen LogP contribution in [0.4, 0.5) is 0 Å². The van der Waals surface area contributed by atoms with E-state index < -0.39 is 0 Å². The van der Waals surface area contributed by atoms with E-state index in [9.17, 15) is 4.79 Å². The fourth-order valence-corrected chi connectivity index (χ4v) is 2.09. The summed E-state index contributed by atoms with van der Waals surface area (Å²) in [4.78, 5) is 11.9. The molecule has 1 saturated heterocycles. The minimum Gasteiger partial charge on any atom is -0.317 e. The van der Waals surface area contributed by atoms with E-state index in [0.29, 0.717) is 12.2 Å². The fourth-order valence-electron chi connectivity index (χ4n) is 2.09. The number of carbonyl (C=O) groups is 1. The fraction of sp³-hybridized carbons (Fsp3) is 0.462. The Bertz CT molecular complexity index is 315. The van der Waals surface area contributed by atoms with Crippen molar-refractivity contribution in [1.82, 2.24) is 5.32 Å². The predicted octanol–water partition coefficient (Wildman–Crippen LogP) is 1.80. The summed E-state index contributed by atoms with van der Waals surface area (Å²) in [6, 6.07) is 10.0. The number of nitrogens with one attached hydrogen (secondary N) is 1. The average Bonchev–Trinajstić information content (AvgIpc) is 2.31. The number of Topliss-reactive ketones (excluding diaryl/α,β-unsaturated/α-hetero) is 1. The maximum atomic E-state index is 11.9. The molecule has 1 aromatic carbocycles. The zero-order valence-corrected chi connectivity index (χ0v) is 8.91. The highest BCUT2D eigenvalue weighted by molar-refractivity contribution is 5.83. The lowest BCUT2D eigenvalue weighted by Gasteiger charge is -2.21. The molecule has 0 amide bonds. The van der Waals surface area contributed by atoms with E-state index in [1.165, 1.54) is 0 Å². The van der Waals surface area contributed by atoms with Crippen LogP contribution in [0.5, 0.6) is 0 Å². The van der Waals surface area contributed by atoms with E-state index in [1.807, 2.05) is 30.3 Å². The SMILES string of the molecule is O=C(Cc1ccccc1)C1CCNCC1. The predicted molar refractivity (Wildman–Crippen MR) is 60.7 cm³/mol. The number of hydrogen-bond donors (Lipinski definition) is 1. The van der Waals surface area contributed by atoms with Crippen molar-refractivity contribution < 1.29 is 4.79 Å². The number of benzene rings is 1. The van der Waals surface area contributed by atoms with Gasteiger partial charge in [0.05, 0.1) is 0 Å². The van der Waals surface area contributed by atoms with E-state index in [0.717, 1.165) is 31.5 Å². The maximum absolute atomic E-state index is 11.9. The summed E-state index contributed by atoms with van der Waals surface area (Å²) in [6.45, 7) is 1.98. The third kappa shape index (κ3) is 2.90. The Hall–Kier alpha value is -1.15. The molecule has 1 aromatic rings. The molecular formula is C13H17NO. The first-order chi connectivity index (χ1) is 7.36. The molecule has 2 heteroatoms. The zero-order valence-electron chi connectivity index (χ0n) is 8.91. The van der Waals surface area contributed by atoms with Gasteiger partial charge < -0.3 is 5.32 Å². The largest absolute Gasteiger partial charge is 0.317 e. The van der Waals surface area contributed by atoms with Crippen LogP contribution in [0.3, 0.4) is 0 Å². The Balaban J connectivity index is 1.91. The molecule has 0 radical (unpaired) electrons. The van der Waals surface area contributed by atoms with Gasteiger partial charge in [0.15, 0.2) is 0 Å². The first-order valence-electron chi connectivity index (χ1n) is 5.63. The Morgan fingerprint density at radius 3 is 2.53 bits per heavy atom. The summed E-state index contributed by atoms with van der Waals surface area (Å²) >= 11 is 0. The Labute approximate surface area is 90.7 Å². The van der Waals surface area contributed by atoms with Gasteiger partial charge in [-0.1, -0.05) is 30.3 Å². The molecule has 1 fully saturated rings. The summed E-state index contributed by atoms with van der Waals surface area (Å²) in [5.41, 5.74) is 1.14. The Morgan fingerprint density at radius 2 is 1.87 bits per heavy atom. The molecule has 0 unspecified atom stereocenters. The van der Waals surface area contributed by atoms with Crippen molar-refractivity contribution in [2.75, 3.05) is 13.1 Å². The summed E-state index contributed by atoms with van der Waals surface area (Å²) in [7, 11) is 0. The van der Waals surface area contributed by atoms with Crippen molar-refractivity contribution in [1.29, 1.82) is 0 Å². The Morgan fingerprint density at radius 1 is 1.20 bits per heavy atom. The monoisotopic (exact) mass is 203 g/mol. The first-order valence-corrected chi connectivity index (χ1v) is 5.63. The van der Waals surface area contributed by atoms with Gasteiger partial charge in [-0.05, 0) is 31.5 Å². The van der Waals surface area contributed by atoms with Crippen molar-refractivity contribution in [2.24, 2.45) is 5.92 Å². The molecule has 1 N–H and O–H groups in total. The van der Waals surface area contributed by atoms with E-state index in [1.54, 1.807) is 0 Å². The third-order valence-corrected chi connectivity index (χ3v) is 3.02. The molecule has 0 aliphatic carbocycles. The molecule has 80 valence electrons. The smallest absolute Gasteiger partial charge is 0.140 e. The zero-order chi connectivity index (χ0) is 10.5. The van der Waals surface area contributed by atoms with E-state index in [-0.39, 0.29) is 5.92 Å². The summed E-state index contributed by atoms with van der Waals surface area (Å²) in [5, 5.41) is 3.28. The van der Waals surface area contributed by atoms with Gasteiger partial charge in [-0.25, -0.2) is 0 Å². The second-order valence-electron chi connectivity index (χ2n) is 4.15. The molecule has 0 saturated carbocycles. The van der Waals surface area contributed by atoms with Crippen molar-refractivity contribution in [3.8, 4) is 0 Å². The highest BCUT2D eigenvalue weighted by atomic mass is 16.1. The molecule has 1 aliphatic rings. The van der Waals surface area contributed by atoms with Crippen molar-refractivity contribution >= 4 is 5.78 Å². The second kappa shape index (κ2) is 5.08. The van der Waals surface area contributed by atoms with Crippen LogP contribution in [-0.4, -0.2) is 18.9 Å². The van der Waals surface area contributed by atoms with Crippen molar-refractivity contribution in [3.63, 3.8) is 0 Å². The minimum atomic E-state index is 0.284. The molecule has 0 spiro atoms. The summed E-state index contributed by atoms with van der Waals surface area (Å²) < 4.78 is 0. The quantitative estimate of drug-likeness (QED) is 0.811. The van der Waals surface area contributed by atoms with Gasteiger partial charge >= 0.3 is 0 Å². The molecule has 2 nitrogen and oxygen atoms in total. The van der Waals surface area contributed by atoms with Crippen molar-refractivity contribution in [3.05, 3.63) is 35.9 Å². The molecule has 15 heavy (non-hydrogen) atoms. The molecule has 0 atom stereocenters. The van der Waals surface area contributed by atoms with Crippen LogP contribution in [0.15, 0.2) is 30.3 Å². The summed E-state index contributed by atoms with van der Waals surface area (Å²) in [6.07, 6.45) is 2.61. The van der Waals surface area contributed by atoms with Crippen molar-refractivity contribution in [2.45, 2.75) is 19.3 Å². The standard InChI is InChI=1S/C13H17NO/c15-13(12-6-8-14-9-7-12)10-11-4-2-1-3-5-11/h1-5,12,14H,6-10H2. The van der Waals surface area contributed by atoms with Crippen LogP contribution < -0.4 is 5.32 Å². The van der Waals surface area contributed by atoms with Gasteiger partial charge in [-0.2, -0.15) is 0 Å². The average molecular weight is 203 g/mol. The van der Waals surface area contributed by atoms with Gasteiger partial charge in [0.25, 0.3) is 0 Å². The van der Waals surface area contributed by atoms with E-state index in [4.69, 9.17) is 0 Å². The Kier molecular flexibility index (Phi) is 3.51. The van der Waals surface area contributed by atoms with Gasteiger partial charge in [-0.3, -0.25) is 4.79 Å². The molecule has 1 heterocycles. The lowest BCUT2D eigenvalue weighted by Crippen LogP contribution is -2.32. The van der Waals surface area contributed by atoms with E-state index in [2.05, 4.69) is 5.32 Å². The third-order valence-electron chi connectivity index (χ3n) is 3.02. The number of ketones is 1. The minimum absolute atomic E-state index is 0.284. The molecule has 0 bridgehead atoms. The highest BCUT2D eigenvalue weighted by Gasteiger charge is 2.20. The summed E-state index contributed by atoms with van der Waals surface area (Å²) in [5.74, 6) is 0.689. The van der Waals surface area contributed by atoms with E-state index >= 15 is 0 Å². The highest BCUT2D eigenvalue weighted by Crippen LogP contribution is 2.15. The van der Waals surface area contributed by atoms with Crippen LogP contribution in [-0.2, 0) is 11.2 Å². The topological polar surface area (TPSA) is 29.1 Å². The second-order valence-corrected chi connectivity index (χ2v) is 4.15. The van der Waals surface area contributed by atoms with Crippen LogP contribution in [0.1, 0.15) is 18.4 Å². The first kappa shape index (κ1) is 10.4. The van der Waals surface area contributed by atoms with Gasteiger partial charge in [0, 0.05) is 12.3 Å². The number of rotatable bonds is 3. The molecule has 0 aromatic heterocycles. The van der Waals surface area contributed by atoms with Crippen LogP contribution in [0.25, 0.3) is 0 Å². The number of piperidine rings is 1. The van der Waals surface area contributed by atoms with Crippen LogP contribution >= 0.6 is 0 Å². The number of carbonyl (C=O) groups excluding carboxylic acids is 1.